The number of thioether (sulfide) groups is 1. The predicted molar refractivity (Wildman–Crippen MR) is 103 cm³/mol. The Labute approximate surface area is 170 Å². The van der Waals surface area contributed by atoms with Gasteiger partial charge < -0.3 is 10.2 Å². The second-order valence-electron chi connectivity index (χ2n) is 6.69. The highest BCUT2D eigenvalue weighted by Crippen LogP contribution is 2.29. The number of halogens is 3. The highest BCUT2D eigenvalue weighted by molar-refractivity contribution is 7.99. The Bertz CT molecular complexity index is 872. The van der Waals surface area contributed by atoms with Gasteiger partial charge in [-0.15, -0.1) is 0 Å². The third-order valence-electron chi connectivity index (χ3n) is 4.44. The molecule has 0 radical (unpaired) electrons. The van der Waals surface area contributed by atoms with E-state index in [1.807, 2.05) is 29.2 Å². The maximum atomic E-state index is 12.5. The van der Waals surface area contributed by atoms with Crippen LogP contribution in [0.3, 0.4) is 0 Å². The van der Waals surface area contributed by atoms with Crippen molar-refractivity contribution in [1.82, 2.24) is 15.2 Å². The third kappa shape index (κ3) is 6.22. The number of hydrogen-bond donors (Lipinski definition) is 1. The Morgan fingerprint density at radius 1 is 1.21 bits per heavy atom. The minimum Gasteiger partial charge on any atom is -0.351 e. The number of aromatic nitrogens is 1. The fraction of sp³-hybridized carbons (Fsp3) is 0.350. The molecule has 0 unspecified atom stereocenters. The predicted octanol–water partition coefficient (Wildman–Crippen LogP) is 3.63. The fourth-order valence-corrected chi connectivity index (χ4v) is 3.63. The zero-order valence-corrected chi connectivity index (χ0v) is 16.4. The number of nitrogens with one attached hydrogen (secondary N) is 1. The molecule has 29 heavy (non-hydrogen) atoms. The summed E-state index contributed by atoms with van der Waals surface area (Å²) in [5.41, 5.74) is 1.11. The molecule has 0 saturated carbocycles. The molecule has 154 valence electrons. The van der Waals surface area contributed by atoms with Gasteiger partial charge in [0.25, 0.3) is 0 Å². The Balaban J connectivity index is 1.45. The van der Waals surface area contributed by atoms with Crippen LogP contribution in [-0.4, -0.2) is 34.0 Å². The molecular weight excluding hydrogens is 403 g/mol. The van der Waals surface area contributed by atoms with Gasteiger partial charge in [0.1, 0.15) is 0 Å². The molecule has 2 heterocycles. The zero-order valence-electron chi connectivity index (χ0n) is 15.5. The summed E-state index contributed by atoms with van der Waals surface area (Å²) in [5, 5.41) is 3.14. The molecule has 9 heteroatoms. The van der Waals surface area contributed by atoms with Crippen molar-refractivity contribution in [2.45, 2.75) is 37.1 Å². The van der Waals surface area contributed by atoms with Crippen molar-refractivity contribution in [3.63, 3.8) is 0 Å². The van der Waals surface area contributed by atoms with Crippen molar-refractivity contribution >= 4 is 23.6 Å². The lowest BCUT2D eigenvalue weighted by Crippen LogP contribution is -2.25. The van der Waals surface area contributed by atoms with Crippen molar-refractivity contribution in [3.05, 3.63) is 59.3 Å². The molecule has 0 spiro atoms. The van der Waals surface area contributed by atoms with Gasteiger partial charge in [-0.1, -0.05) is 36.0 Å². The summed E-state index contributed by atoms with van der Waals surface area (Å²) in [5.74, 6) is -0.0187. The number of amides is 2. The van der Waals surface area contributed by atoms with Gasteiger partial charge >= 0.3 is 6.18 Å². The second-order valence-corrected chi connectivity index (χ2v) is 7.68. The highest BCUT2D eigenvalue weighted by Gasteiger charge is 2.30. The number of alkyl halides is 3. The molecule has 1 aliphatic heterocycles. The Kier molecular flexibility index (Phi) is 6.79. The lowest BCUT2D eigenvalue weighted by atomic mass is 10.1. The molecule has 0 bridgehead atoms. The van der Waals surface area contributed by atoms with E-state index in [0.717, 1.165) is 48.1 Å². The molecule has 1 N–H and O–H groups in total. The molecule has 2 amide bonds. The highest BCUT2D eigenvalue weighted by atomic mass is 32.2. The Hall–Kier alpha value is -2.55. The molecule has 0 aliphatic carbocycles. The van der Waals surface area contributed by atoms with E-state index in [1.165, 1.54) is 6.07 Å². The number of likely N-dealkylation sites (tertiary alicyclic amines) is 1. The number of benzene rings is 1. The van der Waals surface area contributed by atoms with E-state index in [9.17, 15) is 22.8 Å². The van der Waals surface area contributed by atoms with Gasteiger partial charge in [0, 0.05) is 32.3 Å². The van der Waals surface area contributed by atoms with E-state index in [0.29, 0.717) is 24.5 Å². The van der Waals surface area contributed by atoms with Crippen LogP contribution in [0.5, 0.6) is 0 Å². The maximum Gasteiger partial charge on any atom is 0.417 e. The van der Waals surface area contributed by atoms with Gasteiger partial charge in [-0.3, -0.25) is 9.59 Å². The van der Waals surface area contributed by atoms with Crippen LogP contribution in [0.25, 0.3) is 0 Å². The van der Waals surface area contributed by atoms with Gasteiger partial charge in [-0.25, -0.2) is 4.98 Å². The average molecular weight is 423 g/mol. The van der Waals surface area contributed by atoms with Gasteiger partial charge in [0.05, 0.1) is 16.3 Å². The van der Waals surface area contributed by atoms with E-state index in [1.54, 1.807) is 0 Å². The average Bonchev–Trinajstić information content (AvgIpc) is 3.09. The van der Waals surface area contributed by atoms with Crippen molar-refractivity contribution in [1.29, 1.82) is 0 Å². The molecule has 1 saturated heterocycles. The van der Waals surface area contributed by atoms with E-state index in [-0.39, 0.29) is 17.6 Å². The first-order valence-electron chi connectivity index (χ1n) is 9.09. The van der Waals surface area contributed by atoms with Gasteiger partial charge in [0.15, 0.2) is 0 Å². The number of carbonyl (C=O) groups is 2. The van der Waals surface area contributed by atoms with Crippen molar-refractivity contribution in [2.24, 2.45) is 0 Å². The largest absolute Gasteiger partial charge is 0.417 e. The minimum atomic E-state index is -4.43. The topological polar surface area (TPSA) is 62.3 Å². The van der Waals surface area contributed by atoms with Gasteiger partial charge in [0.2, 0.25) is 11.8 Å². The third-order valence-corrected chi connectivity index (χ3v) is 5.38. The van der Waals surface area contributed by atoms with Crippen LogP contribution >= 0.6 is 11.8 Å². The molecule has 1 aliphatic rings. The molecule has 0 atom stereocenters. The molecular formula is C20H20F3N3O2S. The molecule has 1 aromatic carbocycles. The second kappa shape index (κ2) is 9.30. The lowest BCUT2D eigenvalue weighted by Gasteiger charge is -2.16. The first-order chi connectivity index (χ1) is 13.8. The van der Waals surface area contributed by atoms with E-state index >= 15 is 0 Å². The SMILES string of the molecule is O=C(CSc1ccc(C(F)(F)F)cn1)NCc1cccc(CN2CCCC2=O)c1. The molecule has 3 rings (SSSR count). The number of nitrogens with zero attached hydrogens (tertiary/aromatic N) is 2. The smallest absolute Gasteiger partial charge is 0.351 e. The van der Waals surface area contributed by atoms with Crippen molar-refractivity contribution in [2.75, 3.05) is 12.3 Å². The van der Waals surface area contributed by atoms with Crippen LogP contribution in [0.1, 0.15) is 29.5 Å². The molecule has 2 aromatic rings. The van der Waals surface area contributed by atoms with E-state index in [2.05, 4.69) is 10.3 Å². The van der Waals surface area contributed by atoms with Gasteiger partial charge in [-0.05, 0) is 29.7 Å². The summed E-state index contributed by atoms with van der Waals surface area (Å²) < 4.78 is 37.6. The Morgan fingerprint density at radius 3 is 2.66 bits per heavy atom. The van der Waals surface area contributed by atoms with Crippen LogP contribution in [0.4, 0.5) is 13.2 Å². The van der Waals surface area contributed by atoms with Crippen molar-refractivity contribution in [3.8, 4) is 0 Å². The van der Waals surface area contributed by atoms with Crippen LogP contribution in [0.15, 0.2) is 47.6 Å². The summed E-state index contributed by atoms with van der Waals surface area (Å²) in [7, 11) is 0. The quantitative estimate of drug-likeness (QED) is 0.691. The van der Waals surface area contributed by atoms with Crippen LogP contribution in [0.2, 0.25) is 0 Å². The zero-order chi connectivity index (χ0) is 20.9. The van der Waals surface area contributed by atoms with Crippen LogP contribution in [-0.2, 0) is 28.9 Å². The first-order valence-corrected chi connectivity index (χ1v) is 10.1. The normalized spacial score (nSPS) is 14.3. The summed E-state index contributed by atoms with van der Waals surface area (Å²) in [6, 6.07) is 9.88. The Morgan fingerprint density at radius 2 is 2.00 bits per heavy atom. The van der Waals surface area contributed by atoms with Crippen molar-refractivity contribution < 1.29 is 22.8 Å². The van der Waals surface area contributed by atoms with E-state index < -0.39 is 11.7 Å². The number of carbonyl (C=O) groups excluding carboxylic acids is 2. The first kappa shape index (κ1) is 21.2. The fourth-order valence-electron chi connectivity index (χ4n) is 2.95. The number of hydrogen-bond acceptors (Lipinski definition) is 4. The standard InChI is InChI=1S/C20H20F3N3O2S/c21-20(22,23)16-6-7-18(25-11-16)29-13-17(27)24-10-14-3-1-4-15(9-14)12-26-8-2-5-19(26)28/h1,3-4,6-7,9,11H,2,5,8,10,12-13H2,(H,24,27). The molecule has 5 nitrogen and oxygen atoms in total. The van der Waals surface area contributed by atoms with E-state index in [4.69, 9.17) is 0 Å². The van der Waals surface area contributed by atoms with Crippen LogP contribution in [0, 0.1) is 0 Å². The van der Waals surface area contributed by atoms with Crippen LogP contribution < -0.4 is 5.32 Å². The summed E-state index contributed by atoms with van der Waals surface area (Å²) in [4.78, 5) is 29.3. The summed E-state index contributed by atoms with van der Waals surface area (Å²) >= 11 is 1.07. The lowest BCUT2D eigenvalue weighted by molar-refractivity contribution is -0.138. The summed E-state index contributed by atoms with van der Waals surface area (Å²) in [6.07, 6.45) is -2.18. The van der Waals surface area contributed by atoms with Gasteiger partial charge in [-0.2, -0.15) is 13.2 Å². The summed E-state index contributed by atoms with van der Waals surface area (Å²) in [6.45, 7) is 1.67. The number of pyridine rings is 1. The molecule has 1 fully saturated rings. The minimum absolute atomic E-state index is 0.0559. The monoisotopic (exact) mass is 423 g/mol. The number of rotatable bonds is 7. The maximum absolute atomic E-state index is 12.5. The molecule has 1 aromatic heterocycles.